The van der Waals surface area contributed by atoms with E-state index in [0.29, 0.717) is 6.54 Å². The third kappa shape index (κ3) is 3.56. The Morgan fingerprint density at radius 2 is 2.17 bits per heavy atom. The Hall–Kier alpha value is -0.870. The molecular weight excluding hydrogens is 226 g/mol. The fourth-order valence-electron chi connectivity index (χ4n) is 2.75. The second-order valence-electron chi connectivity index (χ2n) is 5.11. The Bertz CT molecular complexity index is 308. The van der Waals surface area contributed by atoms with E-state index in [2.05, 4.69) is 23.2 Å². The van der Waals surface area contributed by atoms with Crippen molar-refractivity contribution in [2.45, 2.75) is 32.6 Å². The van der Waals surface area contributed by atoms with E-state index in [4.69, 9.17) is 0 Å². The van der Waals surface area contributed by atoms with Crippen molar-refractivity contribution in [1.29, 1.82) is 0 Å². The maximum absolute atomic E-state index is 12.4. The standard InChI is InChI=1S/C14H25N3O/c1-2-17(13-6-4-3-5-7-13)14(18)12-16-10-8-15-9-11-16/h6,15H,2-5,7-12H2,1H3. The predicted octanol–water partition coefficient (Wildman–Crippen LogP) is 1.20. The molecule has 0 bridgehead atoms. The second-order valence-corrected chi connectivity index (χ2v) is 5.11. The van der Waals surface area contributed by atoms with E-state index < -0.39 is 0 Å². The Morgan fingerprint density at radius 3 is 2.78 bits per heavy atom. The van der Waals surface area contributed by atoms with Crippen LogP contribution in [0.15, 0.2) is 11.8 Å². The van der Waals surface area contributed by atoms with Crippen LogP contribution in [0.4, 0.5) is 0 Å². The predicted molar refractivity (Wildman–Crippen MR) is 73.2 cm³/mol. The first-order chi connectivity index (χ1) is 8.81. The third-order valence-corrected chi connectivity index (χ3v) is 3.80. The number of allylic oxidation sites excluding steroid dienone is 2. The first kappa shape index (κ1) is 13.6. The van der Waals surface area contributed by atoms with Gasteiger partial charge in [-0.3, -0.25) is 9.69 Å². The van der Waals surface area contributed by atoms with E-state index in [-0.39, 0.29) is 5.91 Å². The van der Waals surface area contributed by atoms with Crippen molar-refractivity contribution in [3.63, 3.8) is 0 Å². The Labute approximate surface area is 110 Å². The molecule has 1 aliphatic heterocycles. The molecule has 0 atom stereocenters. The molecular formula is C14H25N3O. The molecule has 0 aromatic heterocycles. The zero-order valence-electron chi connectivity index (χ0n) is 11.5. The summed E-state index contributed by atoms with van der Waals surface area (Å²) in [6, 6.07) is 0. The number of nitrogens with one attached hydrogen (secondary N) is 1. The van der Waals surface area contributed by atoms with Crippen molar-refractivity contribution < 1.29 is 4.79 Å². The molecule has 1 heterocycles. The number of carbonyl (C=O) groups is 1. The van der Waals surface area contributed by atoms with Crippen LogP contribution in [0.3, 0.4) is 0 Å². The molecule has 0 aromatic carbocycles. The molecule has 1 saturated heterocycles. The summed E-state index contributed by atoms with van der Waals surface area (Å²) in [5.41, 5.74) is 1.25. The highest BCUT2D eigenvalue weighted by Gasteiger charge is 2.21. The number of nitrogens with zero attached hydrogens (tertiary/aromatic N) is 2. The molecule has 0 unspecified atom stereocenters. The quantitative estimate of drug-likeness (QED) is 0.815. The number of carbonyl (C=O) groups excluding carboxylic acids is 1. The van der Waals surface area contributed by atoms with Gasteiger partial charge in [-0.15, -0.1) is 0 Å². The Kier molecular flexibility index (Phi) is 5.20. The summed E-state index contributed by atoms with van der Waals surface area (Å²) in [5.74, 6) is 0.271. The second kappa shape index (κ2) is 6.90. The maximum atomic E-state index is 12.4. The molecule has 1 aliphatic carbocycles. The summed E-state index contributed by atoms with van der Waals surface area (Å²) in [6.07, 6.45) is 6.95. The summed E-state index contributed by atoms with van der Waals surface area (Å²) < 4.78 is 0. The molecule has 0 spiro atoms. The van der Waals surface area contributed by atoms with Crippen LogP contribution in [-0.4, -0.2) is 55.0 Å². The van der Waals surface area contributed by atoms with Crippen molar-refractivity contribution in [3.05, 3.63) is 11.8 Å². The van der Waals surface area contributed by atoms with Crippen LogP contribution in [0.2, 0.25) is 0 Å². The monoisotopic (exact) mass is 251 g/mol. The summed E-state index contributed by atoms with van der Waals surface area (Å²) in [5, 5.41) is 3.32. The lowest BCUT2D eigenvalue weighted by Crippen LogP contribution is -2.48. The van der Waals surface area contributed by atoms with Crippen LogP contribution in [0.1, 0.15) is 32.6 Å². The number of rotatable bonds is 4. The largest absolute Gasteiger partial charge is 0.316 e. The normalized spacial score (nSPS) is 21.5. The molecule has 1 N–H and O–H groups in total. The number of amides is 1. The molecule has 4 nitrogen and oxygen atoms in total. The van der Waals surface area contributed by atoms with Gasteiger partial charge in [-0.2, -0.15) is 0 Å². The SMILES string of the molecule is CCN(C(=O)CN1CCNCC1)C1=CCCCC1. The van der Waals surface area contributed by atoms with Gasteiger partial charge >= 0.3 is 0 Å². The number of hydrogen-bond donors (Lipinski definition) is 1. The van der Waals surface area contributed by atoms with Gasteiger partial charge in [0.25, 0.3) is 0 Å². The van der Waals surface area contributed by atoms with E-state index >= 15 is 0 Å². The van der Waals surface area contributed by atoms with Gasteiger partial charge in [0, 0.05) is 38.4 Å². The van der Waals surface area contributed by atoms with Crippen LogP contribution in [0.25, 0.3) is 0 Å². The summed E-state index contributed by atoms with van der Waals surface area (Å²) in [6.45, 7) is 7.43. The van der Waals surface area contributed by atoms with Gasteiger partial charge < -0.3 is 10.2 Å². The maximum Gasteiger partial charge on any atom is 0.240 e. The van der Waals surface area contributed by atoms with Crippen molar-refractivity contribution >= 4 is 5.91 Å². The molecule has 0 radical (unpaired) electrons. The first-order valence-electron chi connectivity index (χ1n) is 7.23. The molecule has 0 aromatic rings. The molecule has 102 valence electrons. The molecule has 18 heavy (non-hydrogen) atoms. The minimum Gasteiger partial charge on any atom is -0.316 e. The van der Waals surface area contributed by atoms with Crippen LogP contribution in [-0.2, 0) is 4.79 Å². The summed E-state index contributed by atoms with van der Waals surface area (Å²) in [4.78, 5) is 16.6. The zero-order valence-corrected chi connectivity index (χ0v) is 11.5. The fraction of sp³-hybridized carbons (Fsp3) is 0.786. The highest BCUT2D eigenvalue weighted by Crippen LogP contribution is 2.21. The number of hydrogen-bond acceptors (Lipinski definition) is 3. The molecule has 4 heteroatoms. The Morgan fingerprint density at radius 1 is 1.39 bits per heavy atom. The van der Waals surface area contributed by atoms with Gasteiger partial charge in [0.1, 0.15) is 0 Å². The van der Waals surface area contributed by atoms with E-state index in [1.165, 1.54) is 18.5 Å². The van der Waals surface area contributed by atoms with Crippen LogP contribution in [0, 0.1) is 0 Å². The molecule has 2 rings (SSSR count). The summed E-state index contributed by atoms with van der Waals surface area (Å²) in [7, 11) is 0. The van der Waals surface area contributed by atoms with E-state index in [0.717, 1.165) is 45.6 Å². The van der Waals surface area contributed by atoms with Gasteiger partial charge in [0.15, 0.2) is 0 Å². The minimum absolute atomic E-state index is 0.271. The molecule has 2 aliphatic rings. The van der Waals surface area contributed by atoms with Crippen molar-refractivity contribution in [1.82, 2.24) is 15.1 Å². The topological polar surface area (TPSA) is 35.6 Å². The first-order valence-corrected chi connectivity index (χ1v) is 7.23. The Balaban J connectivity index is 1.90. The lowest BCUT2D eigenvalue weighted by Gasteiger charge is -2.31. The van der Waals surface area contributed by atoms with Gasteiger partial charge in [-0.25, -0.2) is 0 Å². The van der Waals surface area contributed by atoms with Crippen molar-refractivity contribution in [2.24, 2.45) is 0 Å². The van der Waals surface area contributed by atoms with Gasteiger partial charge in [-0.05, 0) is 32.6 Å². The highest BCUT2D eigenvalue weighted by atomic mass is 16.2. The van der Waals surface area contributed by atoms with Gasteiger partial charge in [0.2, 0.25) is 5.91 Å². The van der Waals surface area contributed by atoms with Crippen LogP contribution in [0.5, 0.6) is 0 Å². The lowest BCUT2D eigenvalue weighted by molar-refractivity contribution is -0.130. The van der Waals surface area contributed by atoms with Gasteiger partial charge in [0.05, 0.1) is 6.54 Å². The van der Waals surface area contributed by atoms with Crippen LogP contribution >= 0.6 is 0 Å². The van der Waals surface area contributed by atoms with E-state index in [1.54, 1.807) is 0 Å². The zero-order chi connectivity index (χ0) is 12.8. The lowest BCUT2D eigenvalue weighted by atomic mass is 10.0. The highest BCUT2D eigenvalue weighted by molar-refractivity contribution is 5.80. The average Bonchev–Trinajstić information content (AvgIpc) is 2.42. The van der Waals surface area contributed by atoms with Crippen molar-refractivity contribution in [2.75, 3.05) is 39.3 Å². The molecule has 1 fully saturated rings. The van der Waals surface area contributed by atoms with Crippen molar-refractivity contribution in [3.8, 4) is 0 Å². The van der Waals surface area contributed by atoms with E-state index in [9.17, 15) is 4.79 Å². The average molecular weight is 251 g/mol. The smallest absolute Gasteiger partial charge is 0.240 e. The van der Waals surface area contributed by atoms with Gasteiger partial charge in [-0.1, -0.05) is 6.08 Å². The fourth-order valence-corrected chi connectivity index (χ4v) is 2.75. The molecule has 0 saturated carbocycles. The third-order valence-electron chi connectivity index (χ3n) is 3.80. The number of piperazine rings is 1. The number of likely N-dealkylation sites (N-methyl/N-ethyl adjacent to an activating group) is 1. The molecule has 1 amide bonds. The van der Waals surface area contributed by atoms with Crippen LogP contribution < -0.4 is 5.32 Å². The summed E-state index contributed by atoms with van der Waals surface area (Å²) >= 11 is 0. The minimum atomic E-state index is 0.271. The van der Waals surface area contributed by atoms with E-state index in [1.807, 2.05) is 4.90 Å².